The number of amides is 2. The largest absolute Gasteiger partial charge is 0.348 e. The van der Waals surface area contributed by atoms with E-state index in [4.69, 9.17) is 0 Å². The lowest BCUT2D eigenvalue weighted by Crippen LogP contribution is -2.31. The molecule has 0 aliphatic carbocycles. The van der Waals surface area contributed by atoms with Gasteiger partial charge in [0.2, 0.25) is 10.0 Å². The minimum atomic E-state index is -3.65. The molecule has 0 saturated carbocycles. The minimum absolute atomic E-state index is 0.0147. The Labute approximate surface area is 190 Å². The molecule has 1 N–H and O–H groups in total. The number of benzene rings is 2. The molecule has 3 rings (SSSR count). The first kappa shape index (κ1) is 23.9. The first-order valence-electron chi connectivity index (χ1n) is 11.0. The van der Waals surface area contributed by atoms with Crippen molar-refractivity contribution in [1.29, 1.82) is 0 Å². The van der Waals surface area contributed by atoms with Gasteiger partial charge < -0.3 is 10.2 Å². The highest BCUT2D eigenvalue weighted by atomic mass is 32.2. The molecular formula is C24H31N3O4S. The number of carbonyl (C=O) groups is 2. The van der Waals surface area contributed by atoms with Crippen molar-refractivity contribution in [2.24, 2.45) is 0 Å². The van der Waals surface area contributed by atoms with E-state index < -0.39 is 10.0 Å². The van der Waals surface area contributed by atoms with Crippen molar-refractivity contribution < 1.29 is 18.0 Å². The van der Waals surface area contributed by atoms with Gasteiger partial charge in [-0.15, -0.1) is 0 Å². The number of likely N-dealkylation sites (tertiary alicyclic amines) is 1. The third-order valence-corrected chi connectivity index (χ3v) is 7.86. The molecule has 1 saturated heterocycles. The van der Waals surface area contributed by atoms with Crippen LogP contribution in [0.15, 0.2) is 47.4 Å². The molecule has 0 aromatic heterocycles. The molecular weight excluding hydrogens is 426 g/mol. The molecule has 2 aromatic rings. The molecule has 0 atom stereocenters. The molecule has 1 aliphatic rings. The standard InChI is InChI=1S/C24H31N3O4S/c1-4-27(5-2)32(30,31)21-12-11-18(3)22(16-21)23(28)25-17-19-9-8-10-20(15-19)24(29)26-13-6-7-14-26/h8-12,15-16H,4-7,13-14,17H2,1-3H3,(H,25,28). The zero-order valence-electron chi connectivity index (χ0n) is 18.9. The SMILES string of the molecule is CCN(CC)S(=O)(=O)c1ccc(C)c(C(=O)NCc2cccc(C(=O)N3CCCC3)c2)c1. The Morgan fingerprint density at radius 3 is 2.38 bits per heavy atom. The van der Waals surface area contributed by atoms with E-state index in [0.717, 1.165) is 31.5 Å². The fourth-order valence-corrected chi connectivity index (χ4v) is 5.40. The number of sulfonamides is 1. The smallest absolute Gasteiger partial charge is 0.253 e. The number of nitrogens with zero attached hydrogens (tertiary/aromatic N) is 2. The quantitative estimate of drug-likeness (QED) is 0.660. The van der Waals surface area contributed by atoms with Crippen molar-refractivity contribution in [3.8, 4) is 0 Å². The van der Waals surface area contributed by atoms with Gasteiger partial charge in [-0.3, -0.25) is 9.59 Å². The Hall–Kier alpha value is -2.71. The Bertz CT molecular complexity index is 1090. The number of rotatable bonds is 8. The normalized spacial score (nSPS) is 14.1. The number of hydrogen-bond donors (Lipinski definition) is 1. The van der Waals surface area contributed by atoms with Gasteiger partial charge in [0, 0.05) is 43.9 Å². The third-order valence-electron chi connectivity index (χ3n) is 5.82. The Kier molecular flexibility index (Phi) is 7.69. The molecule has 0 spiro atoms. The summed E-state index contributed by atoms with van der Waals surface area (Å²) in [7, 11) is -3.65. The van der Waals surface area contributed by atoms with E-state index in [1.165, 1.54) is 16.4 Å². The first-order chi connectivity index (χ1) is 15.3. The molecule has 1 aliphatic heterocycles. The van der Waals surface area contributed by atoms with Crippen LogP contribution in [0.5, 0.6) is 0 Å². The van der Waals surface area contributed by atoms with Gasteiger partial charge in [-0.05, 0) is 55.2 Å². The topological polar surface area (TPSA) is 86.8 Å². The molecule has 7 nitrogen and oxygen atoms in total. The second-order valence-electron chi connectivity index (χ2n) is 7.95. The molecule has 2 aromatic carbocycles. The van der Waals surface area contributed by atoms with Crippen LogP contribution in [-0.4, -0.2) is 55.6 Å². The lowest BCUT2D eigenvalue weighted by Gasteiger charge is -2.19. The number of aryl methyl sites for hydroxylation is 1. The van der Waals surface area contributed by atoms with Crippen LogP contribution in [0.3, 0.4) is 0 Å². The molecule has 0 radical (unpaired) electrons. The van der Waals surface area contributed by atoms with E-state index in [1.807, 2.05) is 17.0 Å². The monoisotopic (exact) mass is 457 g/mol. The van der Waals surface area contributed by atoms with E-state index in [1.54, 1.807) is 39.0 Å². The van der Waals surface area contributed by atoms with Crippen molar-refractivity contribution in [3.05, 3.63) is 64.7 Å². The molecule has 172 valence electrons. The first-order valence-corrected chi connectivity index (χ1v) is 12.5. The average Bonchev–Trinajstić information content (AvgIpc) is 3.33. The van der Waals surface area contributed by atoms with Gasteiger partial charge in [0.1, 0.15) is 0 Å². The zero-order valence-corrected chi connectivity index (χ0v) is 19.7. The van der Waals surface area contributed by atoms with Gasteiger partial charge in [0.05, 0.1) is 4.90 Å². The van der Waals surface area contributed by atoms with Crippen LogP contribution in [0.4, 0.5) is 0 Å². The summed E-state index contributed by atoms with van der Waals surface area (Å²) in [6.07, 6.45) is 2.06. The zero-order chi connectivity index (χ0) is 23.3. The number of hydrogen-bond acceptors (Lipinski definition) is 4. The highest BCUT2D eigenvalue weighted by Crippen LogP contribution is 2.20. The third kappa shape index (κ3) is 5.19. The van der Waals surface area contributed by atoms with Gasteiger partial charge in [0.15, 0.2) is 0 Å². The summed E-state index contributed by atoms with van der Waals surface area (Å²) in [6.45, 7) is 7.88. The molecule has 1 heterocycles. The van der Waals surface area contributed by atoms with Crippen LogP contribution in [-0.2, 0) is 16.6 Å². The minimum Gasteiger partial charge on any atom is -0.348 e. The van der Waals surface area contributed by atoms with Crippen LogP contribution < -0.4 is 5.32 Å². The van der Waals surface area contributed by atoms with Crippen LogP contribution in [0.25, 0.3) is 0 Å². The van der Waals surface area contributed by atoms with Gasteiger partial charge in [0.25, 0.3) is 11.8 Å². The summed E-state index contributed by atoms with van der Waals surface area (Å²) in [5, 5.41) is 2.86. The molecule has 0 unspecified atom stereocenters. The summed E-state index contributed by atoms with van der Waals surface area (Å²) < 4.78 is 27.0. The molecule has 2 amide bonds. The summed E-state index contributed by atoms with van der Waals surface area (Å²) in [5.74, 6) is -0.337. The van der Waals surface area contributed by atoms with Crippen molar-refractivity contribution >= 4 is 21.8 Å². The van der Waals surface area contributed by atoms with E-state index in [2.05, 4.69) is 5.32 Å². The fraction of sp³-hybridized carbons (Fsp3) is 0.417. The lowest BCUT2D eigenvalue weighted by atomic mass is 10.1. The Balaban J connectivity index is 1.74. The molecule has 0 bridgehead atoms. The van der Waals surface area contributed by atoms with Gasteiger partial charge in [-0.2, -0.15) is 4.31 Å². The van der Waals surface area contributed by atoms with Crippen molar-refractivity contribution in [2.75, 3.05) is 26.2 Å². The maximum atomic E-state index is 12.9. The average molecular weight is 458 g/mol. The summed E-state index contributed by atoms with van der Waals surface area (Å²) >= 11 is 0. The molecule has 1 fully saturated rings. The number of nitrogens with one attached hydrogen (secondary N) is 1. The van der Waals surface area contributed by atoms with Gasteiger partial charge in [-0.1, -0.05) is 32.0 Å². The van der Waals surface area contributed by atoms with Crippen molar-refractivity contribution in [2.45, 2.75) is 45.1 Å². The van der Waals surface area contributed by atoms with Gasteiger partial charge >= 0.3 is 0 Å². The van der Waals surface area contributed by atoms with Crippen molar-refractivity contribution in [1.82, 2.24) is 14.5 Å². The number of carbonyl (C=O) groups excluding carboxylic acids is 2. The Morgan fingerprint density at radius 2 is 1.72 bits per heavy atom. The maximum absolute atomic E-state index is 12.9. The van der Waals surface area contributed by atoms with Crippen LogP contribution in [0, 0.1) is 6.92 Å². The fourth-order valence-electron chi connectivity index (χ4n) is 3.91. The highest BCUT2D eigenvalue weighted by molar-refractivity contribution is 7.89. The van der Waals surface area contributed by atoms with Crippen LogP contribution >= 0.6 is 0 Å². The maximum Gasteiger partial charge on any atom is 0.253 e. The van der Waals surface area contributed by atoms with Crippen LogP contribution in [0.2, 0.25) is 0 Å². The van der Waals surface area contributed by atoms with Crippen molar-refractivity contribution in [3.63, 3.8) is 0 Å². The van der Waals surface area contributed by atoms with Crippen LogP contribution in [0.1, 0.15) is 58.5 Å². The van der Waals surface area contributed by atoms with E-state index in [-0.39, 0.29) is 23.3 Å². The van der Waals surface area contributed by atoms with E-state index in [0.29, 0.717) is 29.8 Å². The van der Waals surface area contributed by atoms with Gasteiger partial charge in [-0.25, -0.2) is 8.42 Å². The lowest BCUT2D eigenvalue weighted by molar-refractivity contribution is 0.0792. The second kappa shape index (κ2) is 10.3. The summed E-state index contributed by atoms with van der Waals surface area (Å²) in [4.78, 5) is 27.4. The highest BCUT2D eigenvalue weighted by Gasteiger charge is 2.24. The second-order valence-corrected chi connectivity index (χ2v) is 9.89. The van der Waals surface area contributed by atoms with E-state index in [9.17, 15) is 18.0 Å². The predicted molar refractivity (Wildman–Crippen MR) is 124 cm³/mol. The predicted octanol–water partition coefficient (Wildman–Crippen LogP) is 3.19. The molecule has 32 heavy (non-hydrogen) atoms. The van der Waals surface area contributed by atoms with E-state index >= 15 is 0 Å². The molecule has 8 heteroatoms. The summed E-state index contributed by atoms with van der Waals surface area (Å²) in [6, 6.07) is 11.9. The Morgan fingerprint density at radius 1 is 1.03 bits per heavy atom. The summed E-state index contributed by atoms with van der Waals surface area (Å²) in [5.41, 5.74) is 2.44.